The molecule has 0 unspecified atom stereocenters. The number of alkyl carbamates (subject to hydrolysis) is 1. The number of nitrogens with zero attached hydrogens (tertiary/aromatic N) is 1. The number of likely N-dealkylation sites (N-methyl/N-ethyl adjacent to an activating group) is 1. The van der Waals surface area contributed by atoms with E-state index in [-0.39, 0.29) is 31.4 Å². The summed E-state index contributed by atoms with van der Waals surface area (Å²) in [7, 11) is 0. The first-order chi connectivity index (χ1) is 15.0. The number of amides is 2. The monoisotopic (exact) mass is 424 g/mol. The zero-order chi connectivity index (χ0) is 22.2. The summed E-state index contributed by atoms with van der Waals surface area (Å²) < 4.78 is 5.48. The zero-order valence-corrected chi connectivity index (χ0v) is 17.7. The molecule has 164 valence electrons. The molecule has 1 aliphatic carbocycles. The lowest BCUT2D eigenvalue weighted by Gasteiger charge is -2.18. The van der Waals surface area contributed by atoms with E-state index in [0.29, 0.717) is 25.9 Å². The number of carbonyl (C=O) groups is 3. The third kappa shape index (κ3) is 5.63. The fraction of sp³-hybridized carbons (Fsp3) is 0.375. The maximum absolute atomic E-state index is 12.1. The Morgan fingerprint density at radius 2 is 1.61 bits per heavy atom. The predicted molar refractivity (Wildman–Crippen MR) is 117 cm³/mol. The highest BCUT2D eigenvalue weighted by Crippen LogP contribution is 2.44. The third-order valence-electron chi connectivity index (χ3n) is 5.49. The van der Waals surface area contributed by atoms with Gasteiger partial charge in [0.2, 0.25) is 5.91 Å². The summed E-state index contributed by atoms with van der Waals surface area (Å²) >= 11 is 0. The topological polar surface area (TPSA) is 95.9 Å². The van der Waals surface area contributed by atoms with E-state index in [1.54, 1.807) is 6.92 Å². The van der Waals surface area contributed by atoms with Gasteiger partial charge in [0.05, 0.1) is 0 Å². The van der Waals surface area contributed by atoms with Gasteiger partial charge in [0.15, 0.2) is 0 Å². The van der Waals surface area contributed by atoms with Gasteiger partial charge in [-0.1, -0.05) is 48.5 Å². The van der Waals surface area contributed by atoms with Crippen molar-refractivity contribution in [3.8, 4) is 11.1 Å². The molecule has 2 amide bonds. The summed E-state index contributed by atoms with van der Waals surface area (Å²) in [4.78, 5) is 36.2. The molecule has 3 rings (SSSR count). The maximum Gasteiger partial charge on any atom is 0.407 e. The molecular weight excluding hydrogens is 396 g/mol. The number of carboxylic acid groups (broad SMARTS) is 1. The van der Waals surface area contributed by atoms with E-state index in [1.165, 1.54) is 16.0 Å². The molecule has 0 fully saturated rings. The average Bonchev–Trinajstić information content (AvgIpc) is 3.09. The second-order valence-corrected chi connectivity index (χ2v) is 7.51. The van der Waals surface area contributed by atoms with E-state index in [1.807, 2.05) is 24.3 Å². The Labute approximate surface area is 182 Å². The standard InChI is InChI=1S/C24H28N2O5/c1-2-26(15-23(28)29)22(27)13-7-8-14-25-24(30)31-16-21-19-11-5-3-9-17(19)18-10-4-6-12-20(18)21/h3-6,9-12,21H,2,7-8,13-16H2,1H3,(H,25,30)(H,28,29). The minimum absolute atomic E-state index is 0.0185. The molecule has 0 bridgehead atoms. The quantitative estimate of drug-likeness (QED) is 0.568. The number of benzene rings is 2. The van der Waals surface area contributed by atoms with E-state index < -0.39 is 12.1 Å². The molecule has 2 aromatic carbocycles. The van der Waals surface area contributed by atoms with Crippen molar-refractivity contribution in [2.45, 2.75) is 32.1 Å². The van der Waals surface area contributed by atoms with Crippen molar-refractivity contribution in [3.05, 3.63) is 59.7 Å². The summed E-state index contributed by atoms with van der Waals surface area (Å²) in [5, 5.41) is 11.5. The van der Waals surface area contributed by atoms with Crippen LogP contribution < -0.4 is 5.32 Å². The van der Waals surface area contributed by atoms with Crippen LogP contribution in [-0.4, -0.2) is 54.2 Å². The second kappa shape index (κ2) is 10.6. The Hall–Kier alpha value is -3.35. The molecule has 31 heavy (non-hydrogen) atoms. The van der Waals surface area contributed by atoms with Crippen molar-refractivity contribution < 1.29 is 24.2 Å². The minimum atomic E-state index is -1.02. The number of unbranched alkanes of at least 4 members (excludes halogenated alkanes) is 1. The molecule has 7 heteroatoms. The van der Waals surface area contributed by atoms with Gasteiger partial charge >= 0.3 is 12.1 Å². The van der Waals surface area contributed by atoms with Crippen LogP contribution in [0.25, 0.3) is 11.1 Å². The molecule has 0 radical (unpaired) electrons. The largest absolute Gasteiger partial charge is 0.480 e. The van der Waals surface area contributed by atoms with Crippen LogP contribution in [0.4, 0.5) is 4.79 Å². The van der Waals surface area contributed by atoms with E-state index in [9.17, 15) is 14.4 Å². The number of hydrogen-bond acceptors (Lipinski definition) is 4. The Bertz CT molecular complexity index is 898. The Kier molecular flexibility index (Phi) is 7.65. The van der Waals surface area contributed by atoms with Gasteiger partial charge in [-0.2, -0.15) is 0 Å². The molecule has 0 saturated carbocycles. The highest BCUT2D eigenvalue weighted by atomic mass is 16.5. The van der Waals surface area contributed by atoms with E-state index in [4.69, 9.17) is 9.84 Å². The fourth-order valence-electron chi connectivity index (χ4n) is 3.94. The van der Waals surface area contributed by atoms with Crippen LogP contribution in [0.1, 0.15) is 43.2 Å². The van der Waals surface area contributed by atoms with Crippen LogP contribution >= 0.6 is 0 Å². The highest BCUT2D eigenvalue weighted by molar-refractivity contribution is 5.81. The maximum atomic E-state index is 12.1. The van der Waals surface area contributed by atoms with Crippen molar-refractivity contribution in [2.75, 3.05) is 26.2 Å². The van der Waals surface area contributed by atoms with Gasteiger partial charge in [-0.15, -0.1) is 0 Å². The highest BCUT2D eigenvalue weighted by Gasteiger charge is 2.28. The van der Waals surface area contributed by atoms with Crippen molar-refractivity contribution in [2.24, 2.45) is 0 Å². The molecular formula is C24H28N2O5. The SMILES string of the molecule is CCN(CC(=O)O)C(=O)CCCCNC(=O)OCC1c2ccccc2-c2ccccc21. The third-order valence-corrected chi connectivity index (χ3v) is 5.49. The normalized spacial score (nSPS) is 12.0. The number of aliphatic carboxylic acids is 1. The van der Waals surface area contributed by atoms with Crippen molar-refractivity contribution in [1.82, 2.24) is 10.2 Å². The summed E-state index contributed by atoms with van der Waals surface area (Å²) in [5.41, 5.74) is 4.69. The number of hydrogen-bond donors (Lipinski definition) is 2. The number of rotatable bonds is 10. The molecule has 2 aromatic rings. The Morgan fingerprint density at radius 1 is 1.00 bits per heavy atom. The van der Waals surface area contributed by atoms with E-state index >= 15 is 0 Å². The lowest BCUT2D eigenvalue weighted by Crippen LogP contribution is -2.35. The molecule has 0 atom stereocenters. The lowest BCUT2D eigenvalue weighted by atomic mass is 9.98. The number of carbonyl (C=O) groups excluding carboxylic acids is 2. The summed E-state index contributed by atoms with van der Waals surface area (Å²) in [5.74, 6) is -1.19. The predicted octanol–water partition coefficient (Wildman–Crippen LogP) is 3.63. The molecule has 1 aliphatic rings. The van der Waals surface area contributed by atoms with Crippen LogP contribution in [0.3, 0.4) is 0 Å². The molecule has 0 aliphatic heterocycles. The number of nitrogens with one attached hydrogen (secondary N) is 1. The van der Waals surface area contributed by atoms with Crippen molar-refractivity contribution in [3.63, 3.8) is 0 Å². The van der Waals surface area contributed by atoms with Gasteiger partial charge in [0.1, 0.15) is 13.2 Å². The molecule has 0 heterocycles. The fourth-order valence-corrected chi connectivity index (χ4v) is 3.94. The second-order valence-electron chi connectivity index (χ2n) is 7.51. The first-order valence-corrected chi connectivity index (χ1v) is 10.6. The van der Waals surface area contributed by atoms with Gasteiger partial charge in [-0.3, -0.25) is 9.59 Å². The number of fused-ring (bicyclic) bond motifs is 3. The van der Waals surface area contributed by atoms with Crippen molar-refractivity contribution >= 4 is 18.0 Å². The summed E-state index contributed by atoms with van der Waals surface area (Å²) in [6.07, 6.45) is 0.960. The molecule has 2 N–H and O–H groups in total. The smallest absolute Gasteiger partial charge is 0.407 e. The van der Waals surface area contributed by atoms with E-state index in [0.717, 1.165) is 11.1 Å². The Morgan fingerprint density at radius 3 is 2.19 bits per heavy atom. The van der Waals surface area contributed by atoms with Crippen LogP contribution in [-0.2, 0) is 14.3 Å². The van der Waals surface area contributed by atoms with Crippen LogP contribution in [0.15, 0.2) is 48.5 Å². The van der Waals surface area contributed by atoms with Gasteiger partial charge in [0, 0.05) is 25.4 Å². The first kappa shape index (κ1) is 22.3. The first-order valence-electron chi connectivity index (χ1n) is 10.6. The van der Waals surface area contributed by atoms with Crippen molar-refractivity contribution in [1.29, 1.82) is 0 Å². The Balaban J connectivity index is 1.40. The summed E-state index contributed by atoms with van der Waals surface area (Å²) in [6, 6.07) is 16.3. The van der Waals surface area contributed by atoms with Crippen LogP contribution in [0.2, 0.25) is 0 Å². The molecule has 0 spiro atoms. The van der Waals surface area contributed by atoms with Crippen LogP contribution in [0.5, 0.6) is 0 Å². The number of carboxylic acids is 1. The average molecular weight is 424 g/mol. The van der Waals surface area contributed by atoms with Gasteiger partial charge in [0.25, 0.3) is 0 Å². The van der Waals surface area contributed by atoms with Gasteiger partial charge in [-0.25, -0.2) is 4.79 Å². The van der Waals surface area contributed by atoms with Gasteiger partial charge in [-0.05, 0) is 42.0 Å². The number of ether oxygens (including phenoxy) is 1. The molecule has 0 saturated heterocycles. The van der Waals surface area contributed by atoms with Crippen LogP contribution in [0, 0.1) is 0 Å². The molecule has 7 nitrogen and oxygen atoms in total. The minimum Gasteiger partial charge on any atom is -0.480 e. The zero-order valence-electron chi connectivity index (χ0n) is 17.7. The van der Waals surface area contributed by atoms with E-state index in [2.05, 4.69) is 29.6 Å². The van der Waals surface area contributed by atoms with Gasteiger partial charge < -0.3 is 20.1 Å². The molecule has 0 aromatic heterocycles. The lowest BCUT2D eigenvalue weighted by molar-refractivity contribution is -0.144. The summed E-state index contributed by atoms with van der Waals surface area (Å²) in [6.45, 7) is 2.49.